The van der Waals surface area contributed by atoms with Crippen molar-refractivity contribution in [1.29, 1.82) is 0 Å². The number of nitrogens with zero attached hydrogens (tertiary/aromatic N) is 1. The van der Waals surface area contributed by atoms with Gasteiger partial charge in [0, 0.05) is 32.2 Å². The minimum Gasteiger partial charge on any atom is -0.343 e. The van der Waals surface area contributed by atoms with Crippen LogP contribution in [0.25, 0.3) is 0 Å². The second-order valence-corrected chi connectivity index (χ2v) is 5.14. The van der Waals surface area contributed by atoms with Crippen LogP contribution in [0.5, 0.6) is 0 Å². The summed E-state index contributed by atoms with van der Waals surface area (Å²) < 4.78 is 0. The van der Waals surface area contributed by atoms with Gasteiger partial charge in [-0.2, -0.15) is 0 Å². The summed E-state index contributed by atoms with van der Waals surface area (Å²) in [6.07, 6.45) is 6.01. The van der Waals surface area contributed by atoms with Crippen molar-refractivity contribution in [3.63, 3.8) is 0 Å². The van der Waals surface area contributed by atoms with E-state index in [0.29, 0.717) is 12.6 Å². The molecule has 0 unspecified atom stereocenters. The van der Waals surface area contributed by atoms with Crippen molar-refractivity contribution in [2.24, 2.45) is 0 Å². The molecule has 4 nitrogen and oxygen atoms in total. The molecule has 18 heavy (non-hydrogen) atoms. The lowest BCUT2D eigenvalue weighted by atomic mass is 9.95. The molecule has 1 amide bonds. The molecule has 1 heterocycles. The van der Waals surface area contributed by atoms with Crippen LogP contribution in [0.4, 0.5) is 0 Å². The fraction of sp³-hybridized carbons (Fsp3) is 0.786. The lowest BCUT2D eigenvalue weighted by Crippen LogP contribution is -2.43. The highest BCUT2D eigenvalue weighted by atomic mass is 16.1. The maximum atomic E-state index is 11.6. The van der Waals surface area contributed by atoms with Crippen LogP contribution < -0.4 is 10.6 Å². The molecule has 0 aromatic carbocycles. The summed E-state index contributed by atoms with van der Waals surface area (Å²) in [4.78, 5) is 13.9. The first-order valence-corrected chi connectivity index (χ1v) is 7.07. The zero-order valence-electron chi connectivity index (χ0n) is 11.0. The number of rotatable bonds is 2. The van der Waals surface area contributed by atoms with E-state index in [1.807, 2.05) is 0 Å². The average Bonchev–Trinajstić information content (AvgIpc) is 2.41. The SMILES string of the molecule is O=C(C#CCN1CCNCC1)NC1CCCCC1. The number of carbonyl (C=O) groups excluding carboxylic acids is 1. The number of nitrogens with one attached hydrogen (secondary N) is 2. The zero-order chi connectivity index (χ0) is 12.6. The molecule has 0 radical (unpaired) electrons. The second kappa shape index (κ2) is 7.40. The molecule has 2 fully saturated rings. The Morgan fingerprint density at radius 1 is 1.22 bits per heavy atom. The summed E-state index contributed by atoms with van der Waals surface area (Å²) >= 11 is 0. The van der Waals surface area contributed by atoms with Crippen molar-refractivity contribution in [3.05, 3.63) is 0 Å². The molecule has 1 aliphatic carbocycles. The van der Waals surface area contributed by atoms with E-state index in [1.54, 1.807) is 0 Å². The average molecular weight is 249 g/mol. The topological polar surface area (TPSA) is 44.4 Å². The summed E-state index contributed by atoms with van der Waals surface area (Å²) in [5.74, 6) is 5.60. The van der Waals surface area contributed by atoms with Gasteiger partial charge in [-0.3, -0.25) is 9.69 Å². The van der Waals surface area contributed by atoms with Crippen molar-refractivity contribution in [2.75, 3.05) is 32.7 Å². The number of hydrogen-bond acceptors (Lipinski definition) is 3. The van der Waals surface area contributed by atoms with Crippen molar-refractivity contribution >= 4 is 5.91 Å². The Morgan fingerprint density at radius 2 is 1.94 bits per heavy atom. The van der Waals surface area contributed by atoms with Crippen LogP contribution >= 0.6 is 0 Å². The normalized spacial score (nSPS) is 22.0. The van der Waals surface area contributed by atoms with E-state index in [1.165, 1.54) is 19.3 Å². The van der Waals surface area contributed by atoms with Gasteiger partial charge in [0.25, 0.3) is 5.91 Å². The molecule has 1 saturated heterocycles. The molecule has 100 valence electrons. The van der Waals surface area contributed by atoms with Crippen molar-refractivity contribution < 1.29 is 4.79 Å². The summed E-state index contributed by atoms with van der Waals surface area (Å²) in [5.41, 5.74) is 0. The molecule has 2 rings (SSSR count). The van der Waals surface area contributed by atoms with E-state index < -0.39 is 0 Å². The Labute approximate surface area is 109 Å². The smallest absolute Gasteiger partial charge is 0.296 e. The molecule has 0 aromatic rings. The van der Waals surface area contributed by atoms with Gasteiger partial charge in [-0.25, -0.2) is 0 Å². The fourth-order valence-corrected chi connectivity index (χ4v) is 2.57. The predicted octanol–water partition coefficient (Wildman–Crippen LogP) is 0.344. The molecule has 1 aliphatic heterocycles. The van der Waals surface area contributed by atoms with Crippen LogP contribution in [-0.2, 0) is 4.79 Å². The van der Waals surface area contributed by atoms with E-state index in [0.717, 1.165) is 39.0 Å². The summed E-state index contributed by atoms with van der Waals surface area (Å²) in [6.45, 7) is 4.81. The highest BCUT2D eigenvalue weighted by molar-refractivity contribution is 5.93. The second-order valence-electron chi connectivity index (χ2n) is 5.14. The van der Waals surface area contributed by atoms with Crippen LogP contribution in [0.2, 0.25) is 0 Å². The minimum absolute atomic E-state index is 0.1000. The zero-order valence-corrected chi connectivity index (χ0v) is 11.0. The number of piperazine rings is 1. The van der Waals surface area contributed by atoms with E-state index >= 15 is 0 Å². The molecule has 0 aromatic heterocycles. The van der Waals surface area contributed by atoms with Crippen molar-refractivity contribution in [2.45, 2.75) is 38.1 Å². The predicted molar refractivity (Wildman–Crippen MR) is 72.1 cm³/mol. The van der Waals surface area contributed by atoms with Gasteiger partial charge in [0.15, 0.2) is 0 Å². The maximum absolute atomic E-state index is 11.6. The van der Waals surface area contributed by atoms with Gasteiger partial charge in [0.1, 0.15) is 0 Å². The van der Waals surface area contributed by atoms with Crippen LogP contribution in [0.3, 0.4) is 0 Å². The van der Waals surface area contributed by atoms with E-state index in [4.69, 9.17) is 0 Å². The first-order valence-electron chi connectivity index (χ1n) is 7.07. The van der Waals surface area contributed by atoms with Gasteiger partial charge in [0.05, 0.1) is 6.54 Å². The molecule has 2 N–H and O–H groups in total. The third-order valence-electron chi connectivity index (χ3n) is 3.65. The standard InChI is InChI=1S/C14H23N3O/c18-14(16-13-5-2-1-3-6-13)7-4-10-17-11-8-15-9-12-17/h13,15H,1-3,5-6,8-12H2,(H,16,18). The maximum Gasteiger partial charge on any atom is 0.296 e. The molecule has 0 atom stereocenters. The van der Waals surface area contributed by atoms with Crippen molar-refractivity contribution in [1.82, 2.24) is 15.5 Å². The highest BCUT2D eigenvalue weighted by Crippen LogP contribution is 2.16. The van der Waals surface area contributed by atoms with Gasteiger partial charge in [0.2, 0.25) is 0 Å². The Bertz CT molecular complexity index is 320. The molecule has 2 aliphatic rings. The Kier molecular flexibility index (Phi) is 5.50. The first kappa shape index (κ1) is 13.4. The Balaban J connectivity index is 1.66. The van der Waals surface area contributed by atoms with E-state index in [-0.39, 0.29) is 5.91 Å². The molecular formula is C14H23N3O. The fourth-order valence-electron chi connectivity index (χ4n) is 2.57. The highest BCUT2D eigenvalue weighted by Gasteiger charge is 2.14. The number of carbonyl (C=O) groups is 1. The molecule has 1 saturated carbocycles. The van der Waals surface area contributed by atoms with Crippen molar-refractivity contribution in [3.8, 4) is 11.8 Å². The molecular weight excluding hydrogens is 226 g/mol. The van der Waals surface area contributed by atoms with E-state index in [9.17, 15) is 4.79 Å². The summed E-state index contributed by atoms with van der Waals surface area (Å²) in [6, 6.07) is 0.361. The molecule has 0 spiro atoms. The summed E-state index contributed by atoms with van der Waals surface area (Å²) in [5, 5.41) is 6.31. The quantitative estimate of drug-likeness (QED) is 0.694. The largest absolute Gasteiger partial charge is 0.343 e. The third-order valence-corrected chi connectivity index (χ3v) is 3.65. The van der Waals surface area contributed by atoms with Crippen LogP contribution in [0.15, 0.2) is 0 Å². The van der Waals surface area contributed by atoms with Gasteiger partial charge in [-0.15, -0.1) is 0 Å². The van der Waals surface area contributed by atoms with Gasteiger partial charge in [-0.1, -0.05) is 25.2 Å². The van der Waals surface area contributed by atoms with Gasteiger partial charge < -0.3 is 10.6 Å². The Hall–Kier alpha value is -1.05. The number of hydrogen-bond donors (Lipinski definition) is 2. The Morgan fingerprint density at radius 3 is 2.67 bits per heavy atom. The van der Waals surface area contributed by atoms with Gasteiger partial charge >= 0.3 is 0 Å². The number of amides is 1. The third kappa shape index (κ3) is 4.67. The first-order chi connectivity index (χ1) is 8.84. The van der Waals surface area contributed by atoms with Crippen LogP contribution in [0.1, 0.15) is 32.1 Å². The minimum atomic E-state index is -0.1000. The molecule has 4 heteroatoms. The van der Waals surface area contributed by atoms with Gasteiger partial charge in [-0.05, 0) is 18.8 Å². The lowest BCUT2D eigenvalue weighted by molar-refractivity contribution is -0.116. The summed E-state index contributed by atoms with van der Waals surface area (Å²) in [7, 11) is 0. The molecule has 0 bridgehead atoms. The van der Waals surface area contributed by atoms with E-state index in [2.05, 4.69) is 27.4 Å². The van der Waals surface area contributed by atoms with Crippen LogP contribution in [-0.4, -0.2) is 49.6 Å². The monoisotopic (exact) mass is 249 g/mol. The van der Waals surface area contributed by atoms with Crippen LogP contribution in [0, 0.1) is 11.8 Å². The lowest BCUT2D eigenvalue weighted by Gasteiger charge is -2.24.